The number of nitrogens with zero attached hydrogens (tertiary/aromatic N) is 3. The summed E-state index contributed by atoms with van der Waals surface area (Å²) in [5.41, 5.74) is 3.24. The van der Waals surface area contributed by atoms with E-state index in [0.717, 1.165) is 31.1 Å². The number of carbonyl (C=O) groups excluding carboxylic acids is 1. The monoisotopic (exact) mass is 387 g/mol. The standard InChI is InChI=1S/C24H25N3O2/c1-29-20-11-9-19(10-12-20)14-25-16-22-23(17-25)27(15-18-6-3-2-4-7-18)24(28)21-8-5-13-26(21)22/h2-13,22-23H,14-17H2,1H3/t22-,23+/m1/s1. The first-order valence-corrected chi connectivity index (χ1v) is 10.1. The van der Waals surface area contributed by atoms with Gasteiger partial charge in [-0.1, -0.05) is 42.5 Å². The van der Waals surface area contributed by atoms with Crippen LogP contribution in [0.15, 0.2) is 72.9 Å². The first-order valence-electron chi connectivity index (χ1n) is 10.1. The Morgan fingerprint density at radius 1 is 0.862 bits per heavy atom. The van der Waals surface area contributed by atoms with Gasteiger partial charge in [-0.05, 0) is 35.4 Å². The molecule has 0 unspecified atom stereocenters. The first-order chi connectivity index (χ1) is 14.2. The number of benzene rings is 2. The molecule has 2 aliphatic rings. The Morgan fingerprint density at radius 3 is 2.34 bits per heavy atom. The molecule has 2 atom stereocenters. The van der Waals surface area contributed by atoms with E-state index in [1.165, 1.54) is 11.1 Å². The van der Waals surface area contributed by atoms with Gasteiger partial charge in [0.15, 0.2) is 0 Å². The van der Waals surface area contributed by atoms with Gasteiger partial charge in [0, 0.05) is 32.4 Å². The van der Waals surface area contributed by atoms with E-state index < -0.39 is 0 Å². The molecule has 5 nitrogen and oxygen atoms in total. The van der Waals surface area contributed by atoms with Crippen LogP contribution in [0.25, 0.3) is 0 Å². The summed E-state index contributed by atoms with van der Waals surface area (Å²) in [5, 5.41) is 0. The number of ether oxygens (including phenoxy) is 1. The van der Waals surface area contributed by atoms with Crippen LogP contribution in [0.5, 0.6) is 5.75 Å². The zero-order valence-electron chi connectivity index (χ0n) is 16.6. The van der Waals surface area contributed by atoms with Crippen LogP contribution in [0.4, 0.5) is 0 Å². The summed E-state index contributed by atoms with van der Waals surface area (Å²) in [6, 6.07) is 22.9. The highest BCUT2D eigenvalue weighted by Crippen LogP contribution is 2.35. The minimum absolute atomic E-state index is 0.131. The number of likely N-dealkylation sites (tertiary alicyclic amines) is 1. The summed E-state index contributed by atoms with van der Waals surface area (Å²) in [6.07, 6.45) is 2.06. The van der Waals surface area contributed by atoms with Crippen LogP contribution < -0.4 is 4.74 Å². The van der Waals surface area contributed by atoms with Crippen molar-refractivity contribution in [2.45, 2.75) is 25.2 Å². The minimum Gasteiger partial charge on any atom is -0.497 e. The van der Waals surface area contributed by atoms with E-state index in [9.17, 15) is 4.79 Å². The molecular formula is C24H25N3O2. The first kappa shape index (κ1) is 18.0. The van der Waals surface area contributed by atoms with Crippen molar-refractivity contribution >= 4 is 5.91 Å². The Labute approximate surface area is 171 Å². The second-order valence-electron chi connectivity index (χ2n) is 7.90. The van der Waals surface area contributed by atoms with Crippen molar-refractivity contribution in [3.05, 3.63) is 89.7 Å². The highest BCUT2D eigenvalue weighted by Gasteiger charge is 2.44. The molecule has 1 saturated heterocycles. The molecule has 0 radical (unpaired) electrons. The summed E-state index contributed by atoms with van der Waals surface area (Å²) in [5.74, 6) is 1.01. The van der Waals surface area contributed by atoms with Gasteiger partial charge in [-0.25, -0.2) is 0 Å². The molecule has 2 aliphatic heterocycles. The summed E-state index contributed by atoms with van der Waals surface area (Å²) < 4.78 is 7.45. The Morgan fingerprint density at radius 2 is 1.59 bits per heavy atom. The summed E-state index contributed by atoms with van der Waals surface area (Å²) in [7, 11) is 1.69. The van der Waals surface area contributed by atoms with Gasteiger partial charge in [-0.2, -0.15) is 0 Å². The van der Waals surface area contributed by atoms with Crippen LogP contribution in [0.3, 0.4) is 0 Å². The van der Waals surface area contributed by atoms with E-state index in [-0.39, 0.29) is 11.9 Å². The van der Waals surface area contributed by atoms with Gasteiger partial charge in [0.1, 0.15) is 11.4 Å². The summed E-state index contributed by atoms with van der Waals surface area (Å²) >= 11 is 0. The van der Waals surface area contributed by atoms with E-state index >= 15 is 0 Å². The molecule has 3 aromatic rings. The number of hydrogen-bond acceptors (Lipinski definition) is 3. The van der Waals surface area contributed by atoms with Crippen LogP contribution in [0, 0.1) is 0 Å². The molecule has 5 rings (SSSR count). The van der Waals surface area contributed by atoms with Gasteiger partial charge in [0.05, 0.1) is 19.2 Å². The van der Waals surface area contributed by atoms with Crippen molar-refractivity contribution in [1.29, 1.82) is 0 Å². The summed E-state index contributed by atoms with van der Waals surface area (Å²) in [4.78, 5) is 17.8. The van der Waals surface area contributed by atoms with Crippen molar-refractivity contribution in [2.24, 2.45) is 0 Å². The lowest BCUT2D eigenvalue weighted by Crippen LogP contribution is -2.49. The molecule has 0 saturated carbocycles. The molecule has 148 valence electrons. The van der Waals surface area contributed by atoms with E-state index in [0.29, 0.717) is 12.6 Å². The average Bonchev–Trinajstić information content (AvgIpc) is 3.40. The SMILES string of the molecule is COc1ccc(CN2C[C@@H]3[C@H](C2)N(Cc2ccccc2)C(=O)c2cccn23)cc1. The molecule has 0 N–H and O–H groups in total. The normalized spacial score (nSPS) is 21.1. The van der Waals surface area contributed by atoms with Gasteiger partial charge in [-0.15, -0.1) is 0 Å². The van der Waals surface area contributed by atoms with Gasteiger partial charge in [0.2, 0.25) is 0 Å². The Kier molecular flexibility index (Phi) is 4.60. The Hall–Kier alpha value is -3.05. The lowest BCUT2D eigenvalue weighted by atomic mass is 10.0. The van der Waals surface area contributed by atoms with Crippen molar-refractivity contribution < 1.29 is 9.53 Å². The van der Waals surface area contributed by atoms with Crippen LogP contribution in [-0.4, -0.2) is 46.5 Å². The molecule has 0 spiro atoms. The third kappa shape index (κ3) is 3.32. The van der Waals surface area contributed by atoms with Crippen molar-refractivity contribution in [1.82, 2.24) is 14.4 Å². The molecule has 1 fully saturated rings. The van der Waals surface area contributed by atoms with E-state index in [4.69, 9.17) is 4.74 Å². The zero-order chi connectivity index (χ0) is 19.8. The molecule has 1 aromatic heterocycles. The lowest BCUT2D eigenvalue weighted by molar-refractivity contribution is 0.0556. The second kappa shape index (κ2) is 7.41. The highest BCUT2D eigenvalue weighted by molar-refractivity contribution is 5.94. The smallest absolute Gasteiger partial charge is 0.271 e. The number of fused-ring (bicyclic) bond motifs is 3. The van der Waals surface area contributed by atoms with Crippen LogP contribution in [0.1, 0.15) is 27.7 Å². The average molecular weight is 387 g/mol. The number of aromatic nitrogens is 1. The molecule has 2 aromatic carbocycles. The second-order valence-corrected chi connectivity index (χ2v) is 7.90. The number of hydrogen-bond donors (Lipinski definition) is 0. The number of rotatable bonds is 5. The fourth-order valence-electron chi connectivity index (χ4n) is 4.68. The van der Waals surface area contributed by atoms with Crippen molar-refractivity contribution in [3.8, 4) is 5.75 Å². The molecule has 0 bridgehead atoms. The van der Waals surface area contributed by atoms with Crippen LogP contribution in [0.2, 0.25) is 0 Å². The molecule has 29 heavy (non-hydrogen) atoms. The molecule has 1 amide bonds. The predicted octanol–water partition coefficient (Wildman–Crippen LogP) is 3.58. The summed E-state index contributed by atoms with van der Waals surface area (Å²) in [6.45, 7) is 3.35. The van der Waals surface area contributed by atoms with Gasteiger partial charge in [-0.3, -0.25) is 9.69 Å². The largest absolute Gasteiger partial charge is 0.497 e. The van der Waals surface area contributed by atoms with Crippen molar-refractivity contribution in [2.75, 3.05) is 20.2 Å². The van der Waals surface area contributed by atoms with E-state index in [1.54, 1.807) is 7.11 Å². The maximum atomic E-state index is 13.2. The minimum atomic E-state index is 0.131. The van der Waals surface area contributed by atoms with Gasteiger partial charge >= 0.3 is 0 Å². The zero-order valence-corrected chi connectivity index (χ0v) is 16.6. The fraction of sp³-hybridized carbons (Fsp3) is 0.292. The number of methoxy groups -OCH3 is 1. The van der Waals surface area contributed by atoms with E-state index in [2.05, 4.69) is 44.8 Å². The number of carbonyl (C=O) groups is 1. The van der Waals surface area contributed by atoms with Gasteiger partial charge in [0.25, 0.3) is 5.91 Å². The van der Waals surface area contributed by atoms with E-state index in [1.807, 2.05) is 42.5 Å². The highest BCUT2D eigenvalue weighted by atomic mass is 16.5. The van der Waals surface area contributed by atoms with Crippen molar-refractivity contribution in [3.63, 3.8) is 0 Å². The predicted molar refractivity (Wildman–Crippen MR) is 112 cm³/mol. The fourth-order valence-corrected chi connectivity index (χ4v) is 4.68. The maximum Gasteiger partial charge on any atom is 0.271 e. The lowest BCUT2D eigenvalue weighted by Gasteiger charge is -2.38. The molecule has 0 aliphatic carbocycles. The maximum absolute atomic E-state index is 13.2. The third-order valence-corrected chi connectivity index (χ3v) is 6.11. The molecular weight excluding hydrogens is 362 g/mol. The third-order valence-electron chi connectivity index (χ3n) is 6.11. The van der Waals surface area contributed by atoms with Gasteiger partial charge < -0.3 is 14.2 Å². The quantitative estimate of drug-likeness (QED) is 0.672. The van der Waals surface area contributed by atoms with Crippen LogP contribution in [-0.2, 0) is 13.1 Å². The number of amides is 1. The Bertz CT molecular complexity index is 996. The molecule has 3 heterocycles. The Balaban J connectivity index is 1.40. The topological polar surface area (TPSA) is 37.7 Å². The molecule has 5 heteroatoms. The van der Waals surface area contributed by atoms with Crippen LogP contribution >= 0.6 is 0 Å².